The van der Waals surface area contributed by atoms with Crippen LogP contribution in [0.4, 0.5) is 5.69 Å². The summed E-state index contributed by atoms with van der Waals surface area (Å²) < 4.78 is 0.738. The summed E-state index contributed by atoms with van der Waals surface area (Å²) in [5.41, 5.74) is 6.73. The second-order valence-electron chi connectivity index (χ2n) is 4.87. The molecule has 1 aromatic rings. The van der Waals surface area contributed by atoms with Crippen LogP contribution < -0.4 is 5.73 Å². The highest BCUT2D eigenvalue weighted by Crippen LogP contribution is 2.26. The highest BCUT2D eigenvalue weighted by atomic mass is 79.9. The zero-order valence-corrected chi connectivity index (χ0v) is 12.1. The fourth-order valence-corrected chi connectivity index (χ4v) is 2.56. The lowest BCUT2D eigenvalue weighted by molar-refractivity contribution is -0.142. The van der Waals surface area contributed by atoms with Crippen molar-refractivity contribution in [2.24, 2.45) is 11.8 Å². The average molecular weight is 327 g/mol. The minimum atomic E-state index is -0.849. The van der Waals surface area contributed by atoms with E-state index in [0.717, 1.165) is 4.47 Å². The number of amides is 1. The molecular weight excluding hydrogens is 312 g/mol. The Morgan fingerprint density at radius 3 is 2.63 bits per heavy atom. The van der Waals surface area contributed by atoms with Gasteiger partial charge in [0.2, 0.25) is 0 Å². The van der Waals surface area contributed by atoms with E-state index in [9.17, 15) is 9.59 Å². The number of nitrogens with zero attached hydrogens (tertiary/aromatic N) is 1. The number of hydrogen-bond acceptors (Lipinski definition) is 3. The zero-order valence-electron chi connectivity index (χ0n) is 10.5. The van der Waals surface area contributed by atoms with E-state index in [4.69, 9.17) is 10.8 Å². The van der Waals surface area contributed by atoms with Crippen molar-refractivity contribution in [2.45, 2.75) is 6.92 Å². The number of aliphatic carboxylic acids is 1. The molecule has 0 aliphatic carbocycles. The molecule has 6 heteroatoms. The molecule has 1 amide bonds. The lowest BCUT2D eigenvalue weighted by atomic mass is 9.99. The maximum absolute atomic E-state index is 12.3. The molecule has 3 N–H and O–H groups in total. The van der Waals surface area contributed by atoms with Crippen molar-refractivity contribution in [1.82, 2.24) is 4.90 Å². The molecule has 1 fully saturated rings. The summed E-state index contributed by atoms with van der Waals surface area (Å²) in [4.78, 5) is 24.9. The maximum atomic E-state index is 12.3. The molecule has 0 saturated carbocycles. The van der Waals surface area contributed by atoms with Crippen LogP contribution in [0.15, 0.2) is 22.7 Å². The van der Waals surface area contributed by atoms with E-state index in [1.54, 1.807) is 23.1 Å². The third kappa shape index (κ3) is 2.73. The van der Waals surface area contributed by atoms with E-state index in [2.05, 4.69) is 15.9 Å². The minimum absolute atomic E-state index is 0.0331. The molecule has 0 aromatic heterocycles. The summed E-state index contributed by atoms with van der Waals surface area (Å²) in [6.45, 7) is 2.57. The van der Waals surface area contributed by atoms with Gasteiger partial charge in [0.1, 0.15) is 0 Å². The van der Waals surface area contributed by atoms with Crippen molar-refractivity contribution >= 4 is 33.5 Å². The smallest absolute Gasteiger partial charge is 0.308 e. The molecule has 2 atom stereocenters. The van der Waals surface area contributed by atoms with Crippen molar-refractivity contribution < 1.29 is 14.7 Å². The summed E-state index contributed by atoms with van der Waals surface area (Å²) in [6.07, 6.45) is 0. The molecule has 5 nitrogen and oxygen atoms in total. The number of rotatable bonds is 2. The van der Waals surface area contributed by atoms with Crippen LogP contribution in [-0.2, 0) is 4.79 Å². The van der Waals surface area contributed by atoms with Gasteiger partial charge in [-0.05, 0) is 40.0 Å². The normalized spacial score (nSPS) is 22.5. The minimum Gasteiger partial charge on any atom is -0.481 e. The van der Waals surface area contributed by atoms with Gasteiger partial charge in [-0.1, -0.05) is 6.92 Å². The van der Waals surface area contributed by atoms with Gasteiger partial charge in [-0.2, -0.15) is 0 Å². The van der Waals surface area contributed by atoms with Crippen molar-refractivity contribution in [3.8, 4) is 0 Å². The predicted molar refractivity (Wildman–Crippen MR) is 74.7 cm³/mol. The highest BCUT2D eigenvalue weighted by Gasteiger charge is 2.37. The van der Waals surface area contributed by atoms with Gasteiger partial charge in [0, 0.05) is 28.8 Å². The number of carbonyl (C=O) groups excluding carboxylic acids is 1. The second kappa shape index (κ2) is 5.21. The molecule has 1 aromatic carbocycles. The summed E-state index contributed by atoms with van der Waals surface area (Å²) >= 11 is 3.27. The van der Waals surface area contributed by atoms with Crippen LogP contribution in [0.25, 0.3) is 0 Å². The number of carboxylic acid groups (broad SMARTS) is 1. The van der Waals surface area contributed by atoms with Gasteiger partial charge in [-0.15, -0.1) is 0 Å². The van der Waals surface area contributed by atoms with Gasteiger partial charge in [0.25, 0.3) is 5.91 Å². The van der Waals surface area contributed by atoms with Crippen LogP contribution in [0.1, 0.15) is 17.3 Å². The van der Waals surface area contributed by atoms with Gasteiger partial charge in [0.15, 0.2) is 0 Å². The second-order valence-corrected chi connectivity index (χ2v) is 5.72. The SMILES string of the molecule is CC1CN(C(=O)c2ccc(Br)c(N)c2)CC1C(=O)O. The molecule has 19 heavy (non-hydrogen) atoms. The van der Waals surface area contributed by atoms with Gasteiger partial charge < -0.3 is 15.7 Å². The number of likely N-dealkylation sites (tertiary alicyclic amines) is 1. The Morgan fingerprint density at radius 2 is 2.11 bits per heavy atom. The Morgan fingerprint density at radius 1 is 1.42 bits per heavy atom. The molecule has 1 aliphatic rings. The summed E-state index contributed by atoms with van der Waals surface area (Å²) in [6, 6.07) is 5.00. The lowest BCUT2D eigenvalue weighted by Gasteiger charge is -2.16. The van der Waals surface area contributed by atoms with Gasteiger partial charge in [-0.25, -0.2) is 0 Å². The van der Waals surface area contributed by atoms with Crippen molar-refractivity contribution in [3.05, 3.63) is 28.2 Å². The summed E-state index contributed by atoms with van der Waals surface area (Å²) in [7, 11) is 0. The maximum Gasteiger partial charge on any atom is 0.308 e. The molecule has 0 bridgehead atoms. The molecule has 1 saturated heterocycles. The quantitative estimate of drug-likeness (QED) is 0.812. The number of nitrogens with two attached hydrogens (primary N) is 1. The molecule has 0 radical (unpaired) electrons. The van der Waals surface area contributed by atoms with E-state index < -0.39 is 11.9 Å². The van der Waals surface area contributed by atoms with E-state index in [1.165, 1.54) is 0 Å². The number of carboxylic acids is 1. The Labute approximate surface area is 119 Å². The first-order chi connectivity index (χ1) is 8.90. The van der Waals surface area contributed by atoms with Crippen LogP contribution in [0.2, 0.25) is 0 Å². The van der Waals surface area contributed by atoms with Crippen LogP contribution >= 0.6 is 15.9 Å². The number of benzene rings is 1. The third-order valence-corrected chi connectivity index (χ3v) is 4.18. The molecule has 0 spiro atoms. The Hall–Kier alpha value is -1.56. The lowest BCUT2D eigenvalue weighted by Crippen LogP contribution is -2.30. The Kier molecular flexibility index (Phi) is 3.80. The van der Waals surface area contributed by atoms with Gasteiger partial charge >= 0.3 is 5.97 Å². The average Bonchev–Trinajstić information content (AvgIpc) is 2.74. The Balaban J connectivity index is 2.17. The van der Waals surface area contributed by atoms with Crippen LogP contribution in [0.3, 0.4) is 0 Å². The molecule has 102 valence electrons. The van der Waals surface area contributed by atoms with Crippen molar-refractivity contribution in [2.75, 3.05) is 18.8 Å². The van der Waals surface area contributed by atoms with Crippen LogP contribution in [-0.4, -0.2) is 35.0 Å². The van der Waals surface area contributed by atoms with Crippen molar-refractivity contribution in [3.63, 3.8) is 0 Å². The van der Waals surface area contributed by atoms with Crippen LogP contribution in [0.5, 0.6) is 0 Å². The molecular formula is C13H15BrN2O3. The Bertz CT molecular complexity index is 533. The fraction of sp³-hybridized carbons (Fsp3) is 0.385. The van der Waals surface area contributed by atoms with E-state index in [1.807, 2.05) is 6.92 Å². The zero-order chi connectivity index (χ0) is 14.2. The first-order valence-electron chi connectivity index (χ1n) is 5.97. The highest BCUT2D eigenvalue weighted by molar-refractivity contribution is 9.10. The largest absolute Gasteiger partial charge is 0.481 e. The van der Waals surface area contributed by atoms with Gasteiger partial charge in [-0.3, -0.25) is 9.59 Å². The number of halogens is 1. The molecule has 2 unspecified atom stereocenters. The molecule has 1 heterocycles. The van der Waals surface area contributed by atoms with E-state index in [0.29, 0.717) is 17.8 Å². The monoisotopic (exact) mass is 326 g/mol. The predicted octanol–water partition coefficient (Wildman–Crippen LogP) is 1.82. The molecule has 2 rings (SSSR count). The number of nitrogen functional groups attached to an aromatic ring is 1. The standard InChI is InChI=1S/C13H15BrN2O3/c1-7-5-16(6-9(7)13(18)19)12(17)8-2-3-10(14)11(15)4-8/h2-4,7,9H,5-6,15H2,1H3,(H,18,19). The topological polar surface area (TPSA) is 83.6 Å². The van der Waals surface area contributed by atoms with Gasteiger partial charge in [0.05, 0.1) is 5.92 Å². The summed E-state index contributed by atoms with van der Waals surface area (Å²) in [5.74, 6) is -1.54. The number of hydrogen-bond donors (Lipinski definition) is 2. The third-order valence-electron chi connectivity index (χ3n) is 3.46. The number of carbonyl (C=O) groups is 2. The first kappa shape index (κ1) is 13.9. The first-order valence-corrected chi connectivity index (χ1v) is 6.76. The number of anilines is 1. The van der Waals surface area contributed by atoms with Crippen molar-refractivity contribution in [1.29, 1.82) is 0 Å². The fourth-order valence-electron chi connectivity index (χ4n) is 2.31. The van der Waals surface area contributed by atoms with Crippen LogP contribution in [0, 0.1) is 11.8 Å². The summed E-state index contributed by atoms with van der Waals surface area (Å²) in [5, 5.41) is 9.07. The van der Waals surface area contributed by atoms with E-state index in [-0.39, 0.29) is 18.4 Å². The molecule has 1 aliphatic heterocycles. The van der Waals surface area contributed by atoms with E-state index >= 15 is 0 Å².